The highest BCUT2D eigenvalue weighted by molar-refractivity contribution is 5.82. The molecule has 33 heavy (non-hydrogen) atoms. The fraction of sp³-hybridized carbons (Fsp3) is 0.481. The van der Waals surface area contributed by atoms with Crippen LogP contribution in [0.25, 0.3) is 0 Å². The Morgan fingerprint density at radius 3 is 2.48 bits per heavy atom. The topological polar surface area (TPSA) is 52.7 Å². The van der Waals surface area contributed by atoms with E-state index in [0.717, 1.165) is 37.9 Å². The highest BCUT2D eigenvalue weighted by Crippen LogP contribution is 2.21. The number of nitrogens with one attached hydrogen (secondary N) is 1. The second-order valence-corrected chi connectivity index (χ2v) is 9.33. The number of benzene rings is 2. The summed E-state index contributed by atoms with van der Waals surface area (Å²) < 4.78 is 13.1. The van der Waals surface area contributed by atoms with Crippen molar-refractivity contribution in [3.8, 4) is 0 Å². The molecule has 2 heterocycles. The second kappa shape index (κ2) is 11.4. The lowest BCUT2D eigenvalue weighted by Crippen LogP contribution is -2.50. The summed E-state index contributed by atoms with van der Waals surface area (Å²) in [6.07, 6.45) is 5.37. The molecule has 0 bridgehead atoms. The number of carbonyl (C=O) groups excluding carboxylic acids is 2. The van der Waals surface area contributed by atoms with Crippen molar-refractivity contribution in [2.75, 3.05) is 26.2 Å². The van der Waals surface area contributed by atoms with Crippen LogP contribution in [0.2, 0.25) is 0 Å². The number of hydrogen-bond acceptors (Lipinski definition) is 3. The summed E-state index contributed by atoms with van der Waals surface area (Å²) >= 11 is 0. The van der Waals surface area contributed by atoms with Gasteiger partial charge in [-0.05, 0) is 55.5 Å². The van der Waals surface area contributed by atoms with Crippen molar-refractivity contribution < 1.29 is 14.0 Å². The van der Waals surface area contributed by atoms with Crippen molar-refractivity contribution in [1.29, 1.82) is 0 Å². The third kappa shape index (κ3) is 6.64. The number of rotatable bonds is 7. The van der Waals surface area contributed by atoms with Crippen LogP contribution in [-0.4, -0.2) is 53.8 Å². The molecule has 2 aliphatic rings. The zero-order valence-electron chi connectivity index (χ0n) is 19.2. The Kier molecular flexibility index (Phi) is 8.10. The van der Waals surface area contributed by atoms with Gasteiger partial charge in [0, 0.05) is 32.2 Å². The molecule has 2 aromatic carbocycles. The van der Waals surface area contributed by atoms with E-state index in [2.05, 4.69) is 34.5 Å². The van der Waals surface area contributed by atoms with Crippen LogP contribution < -0.4 is 5.32 Å². The highest BCUT2D eigenvalue weighted by Gasteiger charge is 2.29. The number of likely N-dealkylation sites (tertiary alicyclic amines) is 2. The van der Waals surface area contributed by atoms with Gasteiger partial charge >= 0.3 is 0 Å². The number of hydrogen-bond donors (Lipinski definition) is 1. The molecule has 2 aromatic rings. The standard InChI is InChI=1S/C27H34FN3O2/c28-24-13-11-21(12-14-24)17-26(32)31-16-6-9-23(20-31)27(33)29-18-25-10-4-5-15-30(25)19-22-7-2-1-3-8-22/h1-3,7-8,11-14,23,25H,4-6,9-10,15-20H2,(H,29,33)/t23-,25-/m1/s1. The molecule has 0 saturated carbocycles. The van der Waals surface area contributed by atoms with Gasteiger partial charge in [0.05, 0.1) is 12.3 Å². The number of halogens is 1. The summed E-state index contributed by atoms with van der Waals surface area (Å²) in [6, 6.07) is 16.9. The van der Waals surface area contributed by atoms with Crippen molar-refractivity contribution in [2.45, 2.75) is 51.1 Å². The second-order valence-electron chi connectivity index (χ2n) is 9.33. The molecule has 0 radical (unpaired) electrons. The minimum atomic E-state index is -0.304. The summed E-state index contributed by atoms with van der Waals surface area (Å²) in [4.78, 5) is 30.0. The largest absolute Gasteiger partial charge is 0.354 e. The van der Waals surface area contributed by atoms with Gasteiger partial charge in [-0.25, -0.2) is 4.39 Å². The van der Waals surface area contributed by atoms with E-state index < -0.39 is 0 Å². The van der Waals surface area contributed by atoms with Crippen LogP contribution in [0, 0.1) is 11.7 Å². The van der Waals surface area contributed by atoms with Crippen molar-refractivity contribution in [1.82, 2.24) is 15.1 Å². The maximum atomic E-state index is 13.1. The van der Waals surface area contributed by atoms with Crippen molar-refractivity contribution in [2.24, 2.45) is 5.92 Å². The molecule has 0 unspecified atom stereocenters. The molecule has 5 nitrogen and oxygen atoms in total. The molecule has 0 spiro atoms. The molecule has 2 saturated heterocycles. The summed E-state index contributed by atoms with van der Waals surface area (Å²) in [7, 11) is 0. The van der Waals surface area contributed by atoms with E-state index in [-0.39, 0.29) is 30.0 Å². The molecule has 4 rings (SSSR count). The van der Waals surface area contributed by atoms with Crippen LogP contribution in [0.15, 0.2) is 54.6 Å². The summed E-state index contributed by atoms with van der Waals surface area (Å²) in [5.74, 6) is -0.414. The SMILES string of the molecule is O=C(NC[C@H]1CCCCN1Cc1ccccc1)[C@@H]1CCCN(C(=O)Cc2ccc(F)cc2)C1. The van der Waals surface area contributed by atoms with E-state index in [1.807, 2.05) is 6.07 Å². The third-order valence-electron chi connectivity index (χ3n) is 6.90. The van der Waals surface area contributed by atoms with Gasteiger partial charge in [-0.2, -0.15) is 0 Å². The quantitative estimate of drug-likeness (QED) is 0.697. The average Bonchev–Trinajstić information content (AvgIpc) is 2.85. The number of piperidine rings is 2. The van der Waals surface area contributed by atoms with Crippen molar-refractivity contribution in [3.05, 3.63) is 71.5 Å². The molecular formula is C27H34FN3O2. The van der Waals surface area contributed by atoms with Gasteiger partial charge in [-0.1, -0.05) is 48.9 Å². The molecule has 2 aliphatic heterocycles. The number of carbonyl (C=O) groups is 2. The van der Waals surface area contributed by atoms with Gasteiger partial charge in [-0.3, -0.25) is 14.5 Å². The Balaban J connectivity index is 1.27. The summed E-state index contributed by atoms with van der Waals surface area (Å²) in [5, 5.41) is 3.19. The first kappa shape index (κ1) is 23.4. The van der Waals surface area contributed by atoms with Gasteiger partial charge in [0.1, 0.15) is 5.82 Å². The first-order chi connectivity index (χ1) is 16.1. The van der Waals surface area contributed by atoms with E-state index >= 15 is 0 Å². The Hall–Kier alpha value is -2.73. The fourth-order valence-electron chi connectivity index (χ4n) is 4.99. The van der Waals surface area contributed by atoms with Gasteiger partial charge in [0.25, 0.3) is 0 Å². The molecule has 0 aromatic heterocycles. The minimum Gasteiger partial charge on any atom is -0.354 e. The number of amides is 2. The van der Waals surface area contributed by atoms with Crippen LogP contribution in [0.1, 0.15) is 43.2 Å². The van der Waals surface area contributed by atoms with Gasteiger partial charge < -0.3 is 10.2 Å². The van der Waals surface area contributed by atoms with Crippen molar-refractivity contribution >= 4 is 11.8 Å². The molecule has 176 valence electrons. The lowest BCUT2D eigenvalue weighted by molar-refractivity contribution is -0.135. The zero-order chi connectivity index (χ0) is 23.0. The lowest BCUT2D eigenvalue weighted by atomic mass is 9.95. The average molecular weight is 452 g/mol. The molecule has 2 amide bonds. The normalized spacial score (nSPS) is 21.5. The van der Waals surface area contributed by atoms with E-state index in [1.165, 1.54) is 30.5 Å². The van der Waals surface area contributed by atoms with Crippen LogP contribution in [0.5, 0.6) is 0 Å². The van der Waals surface area contributed by atoms with E-state index in [9.17, 15) is 14.0 Å². The van der Waals surface area contributed by atoms with Gasteiger partial charge in [0.15, 0.2) is 0 Å². The highest BCUT2D eigenvalue weighted by atomic mass is 19.1. The first-order valence-electron chi connectivity index (χ1n) is 12.2. The monoisotopic (exact) mass is 451 g/mol. The van der Waals surface area contributed by atoms with Gasteiger partial charge in [-0.15, -0.1) is 0 Å². The van der Waals surface area contributed by atoms with Crippen LogP contribution >= 0.6 is 0 Å². The summed E-state index contributed by atoms with van der Waals surface area (Å²) in [5.41, 5.74) is 2.10. The maximum absolute atomic E-state index is 13.1. The van der Waals surface area contributed by atoms with Crippen LogP contribution in [0.3, 0.4) is 0 Å². The molecular weight excluding hydrogens is 417 g/mol. The Morgan fingerprint density at radius 1 is 0.909 bits per heavy atom. The lowest BCUT2D eigenvalue weighted by Gasteiger charge is -2.37. The summed E-state index contributed by atoms with van der Waals surface area (Å²) in [6.45, 7) is 3.77. The number of nitrogens with zero attached hydrogens (tertiary/aromatic N) is 2. The van der Waals surface area contributed by atoms with Crippen LogP contribution in [0.4, 0.5) is 4.39 Å². The molecule has 2 fully saturated rings. The Morgan fingerprint density at radius 2 is 1.70 bits per heavy atom. The predicted octanol–water partition coefficient (Wildman–Crippen LogP) is 3.78. The van der Waals surface area contributed by atoms with Crippen molar-refractivity contribution in [3.63, 3.8) is 0 Å². The van der Waals surface area contributed by atoms with E-state index in [4.69, 9.17) is 0 Å². The Bertz CT molecular complexity index is 919. The minimum absolute atomic E-state index is 0.000393. The Labute approximate surface area is 196 Å². The first-order valence-corrected chi connectivity index (χ1v) is 12.2. The molecule has 6 heteroatoms. The van der Waals surface area contributed by atoms with Crippen LogP contribution in [-0.2, 0) is 22.6 Å². The predicted molar refractivity (Wildman–Crippen MR) is 127 cm³/mol. The van der Waals surface area contributed by atoms with Gasteiger partial charge in [0.2, 0.25) is 11.8 Å². The van der Waals surface area contributed by atoms with E-state index in [0.29, 0.717) is 25.7 Å². The molecule has 2 atom stereocenters. The van der Waals surface area contributed by atoms with E-state index in [1.54, 1.807) is 17.0 Å². The molecule has 0 aliphatic carbocycles. The zero-order valence-corrected chi connectivity index (χ0v) is 19.2. The fourth-order valence-corrected chi connectivity index (χ4v) is 4.99. The third-order valence-corrected chi connectivity index (χ3v) is 6.90. The molecule has 1 N–H and O–H groups in total. The maximum Gasteiger partial charge on any atom is 0.227 e. The smallest absolute Gasteiger partial charge is 0.227 e.